The molecule has 0 radical (unpaired) electrons. The van der Waals surface area contributed by atoms with Gasteiger partial charge in [0.2, 0.25) is 0 Å². The number of hydrogen-bond donors (Lipinski definition) is 2. The van der Waals surface area contributed by atoms with Gasteiger partial charge in [0.15, 0.2) is 5.78 Å². The minimum absolute atomic E-state index is 0.254. The Balaban J connectivity index is 1.93. The molecule has 4 heteroatoms. The number of hydrogen-bond acceptors (Lipinski definition) is 3. The van der Waals surface area contributed by atoms with E-state index in [4.69, 9.17) is 5.11 Å². The normalized spacial score (nSPS) is 16.9. The Hall–Kier alpha value is -1.68. The lowest BCUT2D eigenvalue weighted by Gasteiger charge is -2.18. The minimum Gasteiger partial charge on any atom is -0.388 e. The number of fused-ring (bicyclic) bond motifs is 1. The molecule has 100 valence electrons. The highest BCUT2D eigenvalue weighted by Gasteiger charge is 2.19. The molecule has 3 rings (SSSR count). The molecule has 2 aromatic rings. The first kappa shape index (κ1) is 12.4. The second-order valence-electron chi connectivity index (χ2n) is 5.27. The molecule has 0 spiro atoms. The molecule has 1 saturated carbocycles. The number of aromatic nitrogens is 2. The van der Waals surface area contributed by atoms with E-state index in [0.29, 0.717) is 11.5 Å². The smallest absolute Gasteiger partial charge is 0.188 e. The van der Waals surface area contributed by atoms with Crippen LogP contribution in [0.3, 0.4) is 0 Å². The number of H-pyrrole nitrogens is 1. The van der Waals surface area contributed by atoms with E-state index in [2.05, 4.69) is 9.97 Å². The monoisotopic (exact) mass is 258 g/mol. The van der Waals surface area contributed by atoms with Gasteiger partial charge in [-0.3, -0.25) is 4.79 Å². The molecule has 1 fully saturated rings. The molecule has 1 aliphatic carbocycles. The summed E-state index contributed by atoms with van der Waals surface area (Å²) in [4.78, 5) is 19.5. The van der Waals surface area contributed by atoms with Gasteiger partial charge in [0.1, 0.15) is 12.4 Å². The van der Waals surface area contributed by atoms with Gasteiger partial charge in [-0.15, -0.1) is 0 Å². The first-order chi connectivity index (χ1) is 9.28. The van der Waals surface area contributed by atoms with Crippen LogP contribution in [0.1, 0.15) is 54.2 Å². The maximum absolute atomic E-state index is 11.5. The van der Waals surface area contributed by atoms with E-state index in [1.807, 2.05) is 6.07 Å². The highest BCUT2D eigenvalue weighted by atomic mass is 16.3. The lowest BCUT2D eigenvalue weighted by molar-refractivity contribution is 0.0904. The van der Waals surface area contributed by atoms with Gasteiger partial charge in [0.05, 0.1) is 11.0 Å². The molecule has 1 aromatic carbocycles. The predicted molar refractivity (Wildman–Crippen MR) is 73.3 cm³/mol. The maximum atomic E-state index is 11.5. The van der Waals surface area contributed by atoms with E-state index in [-0.39, 0.29) is 5.78 Å². The van der Waals surface area contributed by atoms with Crippen LogP contribution < -0.4 is 0 Å². The number of benzene rings is 1. The summed E-state index contributed by atoms with van der Waals surface area (Å²) in [7, 11) is 0. The molecule has 2 N–H and O–H groups in total. The van der Waals surface area contributed by atoms with Gasteiger partial charge in [-0.25, -0.2) is 4.98 Å². The quantitative estimate of drug-likeness (QED) is 0.832. The van der Waals surface area contributed by atoms with Gasteiger partial charge in [0, 0.05) is 11.5 Å². The van der Waals surface area contributed by atoms with Crippen molar-refractivity contribution in [1.29, 1.82) is 0 Å². The number of aliphatic hydroxyl groups is 1. The SMILES string of the molecule is O=C(CO)c1ccc2nc(C3CCCCC3)[nH]c2c1. The highest BCUT2D eigenvalue weighted by Crippen LogP contribution is 2.32. The molecular weight excluding hydrogens is 240 g/mol. The van der Waals surface area contributed by atoms with Crippen LogP contribution in [0.2, 0.25) is 0 Å². The Kier molecular flexibility index (Phi) is 3.34. The number of carbonyl (C=O) groups is 1. The van der Waals surface area contributed by atoms with Crippen LogP contribution in [0.15, 0.2) is 18.2 Å². The van der Waals surface area contributed by atoms with E-state index in [1.54, 1.807) is 12.1 Å². The second-order valence-corrected chi connectivity index (χ2v) is 5.27. The van der Waals surface area contributed by atoms with Crippen molar-refractivity contribution in [2.75, 3.05) is 6.61 Å². The van der Waals surface area contributed by atoms with Gasteiger partial charge < -0.3 is 10.1 Å². The molecule has 0 atom stereocenters. The lowest BCUT2D eigenvalue weighted by atomic mass is 9.89. The summed E-state index contributed by atoms with van der Waals surface area (Å²) in [5.41, 5.74) is 2.32. The van der Waals surface area contributed by atoms with Crippen molar-refractivity contribution in [2.45, 2.75) is 38.0 Å². The fraction of sp³-hybridized carbons (Fsp3) is 0.467. The summed E-state index contributed by atoms with van der Waals surface area (Å²) in [6.07, 6.45) is 6.27. The highest BCUT2D eigenvalue weighted by molar-refractivity contribution is 5.99. The molecule has 0 aliphatic heterocycles. The third-order valence-corrected chi connectivity index (χ3v) is 3.96. The number of aromatic amines is 1. The topological polar surface area (TPSA) is 66.0 Å². The maximum Gasteiger partial charge on any atom is 0.188 e. The second kappa shape index (κ2) is 5.13. The molecule has 0 unspecified atom stereocenters. The van der Waals surface area contributed by atoms with Crippen molar-refractivity contribution in [1.82, 2.24) is 9.97 Å². The summed E-state index contributed by atoms with van der Waals surface area (Å²) < 4.78 is 0. The van der Waals surface area contributed by atoms with Crippen LogP contribution in [0.4, 0.5) is 0 Å². The first-order valence-corrected chi connectivity index (χ1v) is 6.91. The summed E-state index contributed by atoms with van der Waals surface area (Å²) in [5.74, 6) is 1.32. The molecule has 1 aromatic heterocycles. The Morgan fingerprint density at radius 3 is 2.84 bits per heavy atom. The van der Waals surface area contributed by atoms with Crippen LogP contribution in [-0.4, -0.2) is 27.5 Å². The standard InChI is InChI=1S/C15H18N2O2/c18-9-14(19)11-6-7-12-13(8-11)17-15(16-12)10-4-2-1-3-5-10/h6-8,10,18H,1-5,9H2,(H,16,17). The van der Waals surface area contributed by atoms with Crippen molar-refractivity contribution in [3.05, 3.63) is 29.6 Å². The van der Waals surface area contributed by atoms with Crippen LogP contribution in [0.25, 0.3) is 11.0 Å². The minimum atomic E-state index is -0.449. The Morgan fingerprint density at radius 1 is 1.32 bits per heavy atom. The third kappa shape index (κ3) is 2.40. The Labute approximate surface area is 111 Å². The molecule has 4 nitrogen and oxygen atoms in total. The number of ketones is 1. The lowest BCUT2D eigenvalue weighted by Crippen LogP contribution is -2.05. The third-order valence-electron chi connectivity index (χ3n) is 3.96. The van der Waals surface area contributed by atoms with Gasteiger partial charge in [-0.2, -0.15) is 0 Å². The van der Waals surface area contributed by atoms with E-state index in [0.717, 1.165) is 16.9 Å². The van der Waals surface area contributed by atoms with Crippen molar-refractivity contribution in [3.63, 3.8) is 0 Å². The molecule has 19 heavy (non-hydrogen) atoms. The zero-order valence-corrected chi connectivity index (χ0v) is 10.9. The number of rotatable bonds is 3. The number of carbonyl (C=O) groups excluding carboxylic acids is 1. The van der Waals surface area contributed by atoms with Gasteiger partial charge >= 0.3 is 0 Å². The van der Waals surface area contributed by atoms with Crippen molar-refractivity contribution >= 4 is 16.8 Å². The predicted octanol–water partition coefficient (Wildman–Crippen LogP) is 2.79. The Morgan fingerprint density at radius 2 is 2.11 bits per heavy atom. The summed E-state index contributed by atoms with van der Waals surface area (Å²) in [6, 6.07) is 5.36. The van der Waals surface area contributed by atoms with Crippen LogP contribution in [0.5, 0.6) is 0 Å². The van der Waals surface area contributed by atoms with Crippen LogP contribution in [-0.2, 0) is 0 Å². The molecule has 0 amide bonds. The molecule has 1 aliphatic rings. The Bertz CT molecular complexity index is 597. The molecule has 1 heterocycles. The number of aliphatic hydroxyl groups excluding tert-OH is 1. The number of Topliss-reactive ketones (excluding diaryl/α,β-unsaturated/α-hetero) is 1. The number of nitrogens with one attached hydrogen (secondary N) is 1. The van der Waals surface area contributed by atoms with Gasteiger partial charge in [-0.05, 0) is 31.0 Å². The summed E-state index contributed by atoms with van der Waals surface area (Å²) >= 11 is 0. The summed E-state index contributed by atoms with van der Waals surface area (Å²) in [6.45, 7) is -0.449. The van der Waals surface area contributed by atoms with Gasteiger partial charge in [0.25, 0.3) is 0 Å². The summed E-state index contributed by atoms with van der Waals surface area (Å²) in [5, 5.41) is 8.89. The molecular formula is C15H18N2O2. The van der Waals surface area contributed by atoms with E-state index in [1.165, 1.54) is 32.1 Å². The fourth-order valence-electron chi connectivity index (χ4n) is 2.86. The van der Waals surface area contributed by atoms with E-state index >= 15 is 0 Å². The number of imidazole rings is 1. The van der Waals surface area contributed by atoms with Crippen molar-refractivity contribution < 1.29 is 9.90 Å². The van der Waals surface area contributed by atoms with Crippen LogP contribution in [0, 0.1) is 0 Å². The van der Waals surface area contributed by atoms with Gasteiger partial charge in [-0.1, -0.05) is 19.3 Å². The van der Waals surface area contributed by atoms with E-state index in [9.17, 15) is 4.79 Å². The van der Waals surface area contributed by atoms with Crippen LogP contribution >= 0.6 is 0 Å². The average Bonchev–Trinajstić information content (AvgIpc) is 2.90. The molecule has 0 bridgehead atoms. The fourth-order valence-corrected chi connectivity index (χ4v) is 2.86. The van der Waals surface area contributed by atoms with E-state index < -0.39 is 6.61 Å². The first-order valence-electron chi connectivity index (χ1n) is 6.91. The zero-order valence-electron chi connectivity index (χ0n) is 10.9. The number of nitrogens with zero attached hydrogens (tertiary/aromatic N) is 1. The van der Waals surface area contributed by atoms with Crippen molar-refractivity contribution in [2.24, 2.45) is 0 Å². The molecule has 0 saturated heterocycles. The largest absolute Gasteiger partial charge is 0.388 e. The van der Waals surface area contributed by atoms with Crippen molar-refractivity contribution in [3.8, 4) is 0 Å². The average molecular weight is 258 g/mol. The zero-order chi connectivity index (χ0) is 13.2.